The molecule has 3 rings (SSSR count). The SMILES string of the molecule is COc1ccc(NC(=O)CNc2cc3c(cc2Cl)OCCCO3)cc1Cl. The largest absolute Gasteiger partial charge is 0.495 e. The molecule has 0 spiro atoms. The Morgan fingerprint density at radius 2 is 1.85 bits per heavy atom. The summed E-state index contributed by atoms with van der Waals surface area (Å²) < 4.78 is 16.3. The molecule has 0 radical (unpaired) electrons. The predicted molar refractivity (Wildman–Crippen MR) is 102 cm³/mol. The molecule has 0 aromatic heterocycles. The van der Waals surface area contributed by atoms with Crippen LogP contribution in [0.1, 0.15) is 6.42 Å². The standard InChI is InChI=1S/C18H18Cl2N2O4/c1-24-15-4-3-11(7-13(15)20)22-18(23)10-21-14-9-17-16(8-12(14)19)25-5-2-6-26-17/h3-4,7-9,21H,2,5-6,10H2,1H3,(H,22,23). The number of benzene rings is 2. The van der Waals surface area contributed by atoms with Crippen molar-refractivity contribution in [3.05, 3.63) is 40.4 Å². The van der Waals surface area contributed by atoms with E-state index in [0.717, 1.165) is 6.42 Å². The van der Waals surface area contributed by atoms with Gasteiger partial charge in [-0.25, -0.2) is 0 Å². The zero-order chi connectivity index (χ0) is 18.5. The highest BCUT2D eigenvalue weighted by Gasteiger charge is 2.15. The van der Waals surface area contributed by atoms with Crippen LogP contribution >= 0.6 is 23.2 Å². The smallest absolute Gasteiger partial charge is 0.243 e. The van der Waals surface area contributed by atoms with Crippen LogP contribution in [0.5, 0.6) is 17.2 Å². The molecule has 1 amide bonds. The van der Waals surface area contributed by atoms with E-state index in [9.17, 15) is 4.79 Å². The minimum atomic E-state index is -0.241. The van der Waals surface area contributed by atoms with E-state index in [1.807, 2.05) is 0 Å². The molecule has 0 fully saturated rings. The predicted octanol–water partition coefficient (Wildman–Crippen LogP) is 4.21. The summed E-state index contributed by atoms with van der Waals surface area (Å²) in [7, 11) is 1.53. The normalized spacial score (nSPS) is 12.9. The molecular formula is C18H18Cl2N2O4. The van der Waals surface area contributed by atoms with Crippen LogP contribution in [-0.4, -0.2) is 32.8 Å². The monoisotopic (exact) mass is 396 g/mol. The molecule has 26 heavy (non-hydrogen) atoms. The lowest BCUT2D eigenvalue weighted by molar-refractivity contribution is -0.114. The Balaban J connectivity index is 1.62. The van der Waals surface area contributed by atoms with E-state index in [1.54, 1.807) is 30.3 Å². The third-order valence-electron chi connectivity index (χ3n) is 3.71. The van der Waals surface area contributed by atoms with Crippen molar-refractivity contribution >= 4 is 40.5 Å². The highest BCUT2D eigenvalue weighted by atomic mass is 35.5. The highest BCUT2D eigenvalue weighted by molar-refractivity contribution is 6.33. The van der Waals surface area contributed by atoms with Gasteiger partial charge in [-0.1, -0.05) is 23.2 Å². The van der Waals surface area contributed by atoms with Crippen molar-refractivity contribution in [2.24, 2.45) is 0 Å². The van der Waals surface area contributed by atoms with Crippen molar-refractivity contribution < 1.29 is 19.0 Å². The molecule has 0 unspecified atom stereocenters. The maximum Gasteiger partial charge on any atom is 0.243 e. The van der Waals surface area contributed by atoms with Crippen LogP contribution in [0.2, 0.25) is 10.0 Å². The Bertz CT molecular complexity index is 814. The molecule has 0 aliphatic carbocycles. The molecule has 8 heteroatoms. The van der Waals surface area contributed by atoms with Gasteiger partial charge >= 0.3 is 0 Å². The van der Waals surface area contributed by atoms with Crippen LogP contribution in [0.4, 0.5) is 11.4 Å². The molecule has 6 nitrogen and oxygen atoms in total. The van der Waals surface area contributed by atoms with Gasteiger partial charge in [0.2, 0.25) is 5.91 Å². The summed E-state index contributed by atoms with van der Waals surface area (Å²) in [6.45, 7) is 1.19. The van der Waals surface area contributed by atoms with E-state index < -0.39 is 0 Å². The number of amides is 1. The number of carbonyl (C=O) groups excluding carboxylic acids is 1. The zero-order valence-corrected chi connectivity index (χ0v) is 15.6. The summed E-state index contributed by atoms with van der Waals surface area (Å²) >= 11 is 12.3. The zero-order valence-electron chi connectivity index (χ0n) is 14.1. The molecular weight excluding hydrogens is 379 g/mol. The van der Waals surface area contributed by atoms with Crippen molar-refractivity contribution in [1.29, 1.82) is 0 Å². The molecule has 1 aliphatic heterocycles. The van der Waals surface area contributed by atoms with Crippen LogP contribution in [0, 0.1) is 0 Å². The average molecular weight is 397 g/mol. The molecule has 2 aromatic carbocycles. The first-order valence-electron chi connectivity index (χ1n) is 8.03. The number of rotatable bonds is 5. The molecule has 0 atom stereocenters. The van der Waals surface area contributed by atoms with Crippen LogP contribution in [0.15, 0.2) is 30.3 Å². The third-order valence-corrected chi connectivity index (χ3v) is 4.32. The van der Waals surface area contributed by atoms with E-state index in [4.69, 9.17) is 37.4 Å². The number of nitrogens with one attached hydrogen (secondary N) is 2. The number of anilines is 2. The summed E-state index contributed by atoms with van der Waals surface area (Å²) in [4.78, 5) is 12.2. The van der Waals surface area contributed by atoms with Gasteiger partial charge in [0.05, 0.1) is 42.6 Å². The number of ether oxygens (including phenoxy) is 3. The first kappa shape index (κ1) is 18.5. The number of carbonyl (C=O) groups is 1. The molecule has 0 saturated heterocycles. The van der Waals surface area contributed by atoms with Crippen LogP contribution < -0.4 is 24.8 Å². The molecule has 1 heterocycles. The Morgan fingerprint density at radius 1 is 1.12 bits per heavy atom. The van der Waals surface area contributed by atoms with Crippen molar-refractivity contribution in [1.82, 2.24) is 0 Å². The summed E-state index contributed by atoms with van der Waals surface area (Å²) in [5.74, 6) is 1.52. The van der Waals surface area contributed by atoms with E-state index in [-0.39, 0.29) is 12.5 Å². The minimum Gasteiger partial charge on any atom is -0.495 e. The maximum absolute atomic E-state index is 12.2. The summed E-state index contributed by atoms with van der Waals surface area (Å²) in [6.07, 6.45) is 0.807. The molecule has 0 saturated carbocycles. The summed E-state index contributed by atoms with van der Waals surface area (Å²) in [6, 6.07) is 8.44. The lowest BCUT2D eigenvalue weighted by atomic mass is 10.2. The second-order valence-corrected chi connectivity index (χ2v) is 6.39. The Kier molecular flexibility index (Phi) is 5.96. The topological polar surface area (TPSA) is 68.8 Å². The minimum absolute atomic E-state index is 0.0308. The average Bonchev–Trinajstić information content (AvgIpc) is 2.84. The fourth-order valence-corrected chi connectivity index (χ4v) is 2.92. The fourth-order valence-electron chi connectivity index (χ4n) is 2.44. The first-order valence-corrected chi connectivity index (χ1v) is 8.79. The van der Waals surface area contributed by atoms with Gasteiger partial charge in [-0.05, 0) is 18.2 Å². The summed E-state index contributed by atoms with van der Waals surface area (Å²) in [5.41, 5.74) is 1.17. The van der Waals surface area contributed by atoms with Gasteiger partial charge in [0.25, 0.3) is 0 Å². The second kappa shape index (κ2) is 8.38. The van der Waals surface area contributed by atoms with Gasteiger partial charge in [0.15, 0.2) is 11.5 Å². The third kappa shape index (κ3) is 4.45. The lowest BCUT2D eigenvalue weighted by Gasteiger charge is -2.13. The van der Waals surface area contributed by atoms with Gasteiger partial charge in [-0.15, -0.1) is 0 Å². The Hall–Kier alpha value is -2.31. The highest BCUT2D eigenvalue weighted by Crippen LogP contribution is 2.37. The number of hydrogen-bond acceptors (Lipinski definition) is 5. The Labute approximate surface area is 161 Å². The van der Waals surface area contributed by atoms with Crippen LogP contribution in [-0.2, 0) is 4.79 Å². The molecule has 138 valence electrons. The van der Waals surface area contributed by atoms with E-state index in [0.29, 0.717) is 51.9 Å². The molecule has 2 aromatic rings. The van der Waals surface area contributed by atoms with Gasteiger partial charge in [0, 0.05) is 24.2 Å². The lowest BCUT2D eigenvalue weighted by Crippen LogP contribution is -2.21. The molecule has 0 bridgehead atoms. The van der Waals surface area contributed by atoms with Crippen molar-refractivity contribution in [3.8, 4) is 17.2 Å². The molecule has 1 aliphatic rings. The van der Waals surface area contributed by atoms with Crippen molar-refractivity contribution in [2.45, 2.75) is 6.42 Å². The number of halogens is 2. The number of fused-ring (bicyclic) bond motifs is 1. The van der Waals surface area contributed by atoms with Crippen molar-refractivity contribution in [3.63, 3.8) is 0 Å². The van der Waals surface area contributed by atoms with Gasteiger partial charge < -0.3 is 24.8 Å². The van der Waals surface area contributed by atoms with Gasteiger partial charge in [-0.3, -0.25) is 4.79 Å². The van der Waals surface area contributed by atoms with E-state index in [2.05, 4.69) is 10.6 Å². The van der Waals surface area contributed by atoms with Gasteiger partial charge in [0.1, 0.15) is 5.75 Å². The fraction of sp³-hybridized carbons (Fsp3) is 0.278. The van der Waals surface area contributed by atoms with Crippen LogP contribution in [0.25, 0.3) is 0 Å². The maximum atomic E-state index is 12.2. The quantitative estimate of drug-likeness (QED) is 0.791. The Morgan fingerprint density at radius 3 is 2.54 bits per heavy atom. The molecule has 2 N–H and O–H groups in total. The summed E-state index contributed by atoms with van der Waals surface area (Å²) in [5, 5.41) is 6.63. The van der Waals surface area contributed by atoms with Crippen molar-refractivity contribution in [2.75, 3.05) is 37.5 Å². The van der Waals surface area contributed by atoms with E-state index in [1.165, 1.54) is 7.11 Å². The number of methoxy groups -OCH3 is 1. The van der Waals surface area contributed by atoms with E-state index >= 15 is 0 Å². The van der Waals surface area contributed by atoms with Gasteiger partial charge in [-0.2, -0.15) is 0 Å². The number of hydrogen-bond donors (Lipinski definition) is 2. The first-order chi connectivity index (χ1) is 12.6. The van der Waals surface area contributed by atoms with Crippen LogP contribution in [0.3, 0.4) is 0 Å². The second-order valence-electron chi connectivity index (χ2n) is 5.58.